The van der Waals surface area contributed by atoms with Gasteiger partial charge in [-0.1, -0.05) is 6.07 Å². The molecule has 0 aliphatic carbocycles. The molecule has 1 rings (SSSR count). The number of hydrogen-bond acceptors (Lipinski definition) is 2. The summed E-state index contributed by atoms with van der Waals surface area (Å²) >= 11 is 0. The van der Waals surface area contributed by atoms with Crippen molar-refractivity contribution in [3.05, 3.63) is 35.4 Å². The third-order valence-electron chi connectivity index (χ3n) is 2.25. The van der Waals surface area contributed by atoms with Crippen molar-refractivity contribution in [1.82, 2.24) is 4.90 Å². The predicted octanol–water partition coefficient (Wildman–Crippen LogP) is 1.74. The second-order valence-electron chi connectivity index (χ2n) is 3.59. The SMILES string of the molecule is CN(CCN)C(=O)c1cccc(C(F)(F)F)c1. The van der Waals surface area contributed by atoms with E-state index < -0.39 is 17.6 Å². The van der Waals surface area contributed by atoms with Crippen molar-refractivity contribution < 1.29 is 18.0 Å². The molecule has 0 radical (unpaired) electrons. The van der Waals surface area contributed by atoms with Gasteiger partial charge in [0.15, 0.2) is 0 Å². The minimum absolute atomic E-state index is 0.00998. The Balaban J connectivity index is 2.96. The number of amides is 1. The van der Waals surface area contributed by atoms with Crippen LogP contribution in [0.5, 0.6) is 0 Å². The van der Waals surface area contributed by atoms with Crippen molar-refractivity contribution in [3.8, 4) is 0 Å². The van der Waals surface area contributed by atoms with Crippen LogP contribution in [0, 0.1) is 0 Å². The van der Waals surface area contributed by atoms with Gasteiger partial charge in [0.1, 0.15) is 0 Å². The first-order valence-corrected chi connectivity index (χ1v) is 4.99. The van der Waals surface area contributed by atoms with E-state index in [1.165, 1.54) is 24.1 Å². The molecule has 0 aliphatic rings. The van der Waals surface area contributed by atoms with E-state index in [0.29, 0.717) is 6.54 Å². The third-order valence-corrected chi connectivity index (χ3v) is 2.25. The van der Waals surface area contributed by atoms with Crippen molar-refractivity contribution in [2.24, 2.45) is 5.73 Å². The number of nitrogens with two attached hydrogens (primary N) is 1. The highest BCUT2D eigenvalue weighted by Crippen LogP contribution is 2.29. The van der Waals surface area contributed by atoms with Gasteiger partial charge in [0.05, 0.1) is 5.56 Å². The first-order chi connectivity index (χ1) is 7.86. The highest BCUT2D eigenvalue weighted by molar-refractivity contribution is 5.94. The molecule has 0 saturated carbocycles. The monoisotopic (exact) mass is 246 g/mol. The van der Waals surface area contributed by atoms with E-state index in [4.69, 9.17) is 5.73 Å². The van der Waals surface area contributed by atoms with Crippen LogP contribution in [-0.2, 0) is 6.18 Å². The molecule has 0 aromatic heterocycles. The molecule has 0 saturated heterocycles. The standard InChI is InChI=1S/C11H13F3N2O/c1-16(6-5-15)10(17)8-3-2-4-9(7-8)11(12,13)14/h2-4,7H,5-6,15H2,1H3. The van der Waals surface area contributed by atoms with Crippen LogP contribution < -0.4 is 5.73 Å². The molecule has 1 aromatic rings. The van der Waals surface area contributed by atoms with Crippen LogP contribution in [0.4, 0.5) is 13.2 Å². The number of hydrogen-bond donors (Lipinski definition) is 1. The summed E-state index contributed by atoms with van der Waals surface area (Å²) in [5, 5.41) is 0. The maximum atomic E-state index is 12.4. The number of alkyl halides is 3. The number of rotatable bonds is 3. The van der Waals surface area contributed by atoms with Gasteiger partial charge in [-0.25, -0.2) is 0 Å². The van der Waals surface area contributed by atoms with Gasteiger partial charge in [-0.3, -0.25) is 4.79 Å². The summed E-state index contributed by atoms with van der Waals surface area (Å²) in [4.78, 5) is 13.0. The van der Waals surface area contributed by atoms with E-state index >= 15 is 0 Å². The maximum absolute atomic E-state index is 12.4. The summed E-state index contributed by atoms with van der Waals surface area (Å²) < 4.78 is 37.3. The van der Waals surface area contributed by atoms with Crippen LogP contribution in [0.25, 0.3) is 0 Å². The molecule has 0 spiro atoms. The molecule has 0 aliphatic heterocycles. The molecule has 6 heteroatoms. The summed E-state index contributed by atoms with van der Waals surface area (Å²) in [7, 11) is 1.50. The first-order valence-electron chi connectivity index (χ1n) is 4.99. The van der Waals surface area contributed by atoms with Crippen molar-refractivity contribution in [2.75, 3.05) is 20.1 Å². The Morgan fingerprint density at radius 3 is 2.59 bits per heavy atom. The summed E-state index contributed by atoms with van der Waals surface area (Å²) in [6, 6.07) is 4.34. The number of benzene rings is 1. The van der Waals surface area contributed by atoms with Crippen LogP contribution in [0.3, 0.4) is 0 Å². The Bertz CT molecular complexity index is 404. The minimum Gasteiger partial charge on any atom is -0.340 e. The van der Waals surface area contributed by atoms with Crippen LogP contribution in [0.15, 0.2) is 24.3 Å². The van der Waals surface area contributed by atoms with Crippen molar-refractivity contribution in [2.45, 2.75) is 6.18 Å². The van der Waals surface area contributed by atoms with Gasteiger partial charge in [-0.2, -0.15) is 13.2 Å². The van der Waals surface area contributed by atoms with Gasteiger partial charge < -0.3 is 10.6 Å². The Labute approximate surface area is 97.0 Å². The second kappa shape index (κ2) is 5.18. The maximum Gasteiger partial charge on any atom is 0.416 e. The lowest BCUT2D eigenvalue weighted by molar-refractivity contribution is -0.137. The summed E-state index contributed by atoms with van der Waals surface area (Å²) in [6.45, 7) is 0.566. The van der Waals surface area contributed by atoms with Gasteiger partial charge >= 0.3 is 6.18 Å². The Morgan fingerprint density at radius 2 is 2.06 bits per heavy atom. The molecule has 0 fully saturated rings. The molecule has 2 N–H and O–H groups in total. The fourth-order valence-corrected chi connectivity index (χ4v) is 1.34. The topological polar surface area (TPSA) is 46.3 Å². The van der Waals surface area contributed by atoms with Crippen LogP contribution >= 0.6 is 0 Å². The molecule has 0 heterocycles. The zero-order chi connectivity index (χ0) is 13.1. The minimum atomic E-state index is -4.44. The summed E-state index contributed by atoms with van der Waals surface area (Å²) in [6.07, 6.45) is -4.44. The zero-order valence-corrected chi connectivity index (χ0v) is 9.29. The second-order valence-corrected chi connectivity index (χ2v) is 3.59. The van der Waals surface area contributed by atoms with Gasteiger partial charge in [-0.05, 0) is 18.2 Å². The Hall–Kier alpha value is -1.56. The normalized spacial score (nSPS) is 11.4. The third kappa shape index (κ3) is 3.45. The first kappa shape index (κ1) is 13.5. The molecule has 0 unspecified atom stereocenters. The molecule has 94 valence electrons. The molecule has 1 amide bonds. The number of likely N-dealkylation sites (N-methyl/N-ethyl adjacent to an activating group) is 1. The van der Waals surface area contributed by atoms with E-state index in [-0.39, 0.29) is 12.1 Å². The average molecular weight is 246 g/mol. The van der Waals surface area contributed by atoms with Crippen LogP contribution in [0.2, 0.25) is 0 Å². The predicted molar refractivity (Wildman–Crippen MR) is 57.5 cm³/mol. The van der Waals surface area contributed by atoms with Crippen molar-refractivity contribution in [1.29, 1.82) is 0 Å². The lowest BCUT2D eigenvalue weighted by Crippen LogP contribution is -2.31. The molecule has 3 nitrogen and oxygen atoms in total. The zero-order valence-electron chi connectivity index (χ0n) is 9.29. The van der Waals surface area contributed by atoms with Gasteiger partial charge in [0.25, 0.3) is 5.91 Å². The molecular weight excluding hydrogens is 233 g/mol. The number of halogens is 3. The number of nitrogens with zero attached hydrogens (tertiary/aromatic N) is 1. The van der Waals surface area contributed by atoms with E-state index in [2.05, 4.69) is 0 Å². The van der Waals surface area contributed by atoms with E-state index in [1.54, 1.807) is 0 Å². The molecule has 0 atom stereocenters. The van der Waals surface area contributed by atoms with Crippen molar-refractivity contribution in [3.63, 3.8) is 0 Å². The number of carbonyl (C=O) groups is 1. The average Bonchev–Trinajstić information content (AvgIpc) is 2.27. The van der Waals surface area contributed by atoms with Gasteiger partial charge in [0.2, 0.25) is 0 Å². The van der Waals surface area contributed by atoms with E-state index in [1.807, 2.05) is 0 Å². The summed E-state index contributed by atoms with van der Waals surface area (Å²) in [5.41, 5.74) is 4.45. The fourth-order valence-electron chi connectivity index (χ4n) is 1.34. The highest BCUT2D eigenvalue weighted by atomic mass is 19.4. The largest absolute Gasteiger partial charge is 0.416 e. The fraction of sp³-hybridized carbons (Fsp3) is 0.364. The molecular formula is C11H13F3N2O. The van der Waals surface area contributed by atoms with Crippen LogP contribution in [-0.4, -0.2) is 30.9 Å². The molecule has 0 bridgehead atoms. The van der Waals surface area contributed by atoms with E-state index in [0.717, 1.165) is 12.1 Å². The highest BCUT2D eigenvalue weighted by Gasteiger charge is 2.31. The quantitative estimate of drug-likeness (QED) is 0.883. The smallest absolute Gasteiger partial charge is 0.340 e. The van der Waals surface area contributed by atoms with E-state index in [9.17, 15) is 18.0 Å². The molecule has 1 aromatic carbocycles. The van der Waals surface area contributed by atoms with Gasteiger partial charge in [0, 0.05) is 25.7 Å². The van der Waals surface area contributed by atoms with Crippen molar-refractivity contribution >= 4 is 5.91 Å². The van der Waals surface area contributed by atoms with Crippen LogP contribution in [0.1, 0.15) is 15.9 Å². The Kier molecular flexibility index (Phi) is 4.11. The number of carbonyl (C=O) groups excluding carboxylic acids is 1. The lowest BCUT2D eigenvalue weighted by atomic mass is 10.1. The summed E-state index contributed by atoms with van der Waals surface area (Å²) in [5.74, 6) is -0.471. The lowest BCUT2D eigenvalue weighted by Gasteiger charge is -2.16. The Morgan fingerprint density at radius 1 is 1.41 bits per heavy atom. The van der Waals surface area contributed by atoms with Gasteiger partial charge in [-0.15, -0.1) is 0 Å². The molecule has 17 heavy (non-hydrogen) atoms.